The minimum Gasteiger partial charge on any atom is -0.608 e. The van der Waals surface area contributed by atoms with Crippen molar-refractivity contribution in [2.45, 2.75) is 64.0 Å². The molecule has 36 heavy (non-hydrogen) atoms. The van der Waals surface area contributed by atoms with Crippen LogP contribution in [0.2, 0.25) is 0 Å². The Kier molecular flexibility index (Phi) is 7.31. The molecule has 1 aromatic heterocycles. The molecule has 1 unspecified atom stereocenters. The van der Waals surface area contributed by atoms with Crippen molar-refractivity contribution < 1.29 is 27.2 Å². The van der Waals surface area contributed by atoms with Crippen LogP contribution < -0.4 is 14.1 Å². The third-order valence-electron chi connectivity index (χ3n) is 7.31. The van der Waals surface area contributed by atoms with Crippen LogP contribution in [0.1, 0.15) is 47.9 Å². The number of carbonyl (C=O) groups excluding carboxylic acids is 1. The number of carbonyl (C=O) groups is 1. The number of hydroxylamine groups is 1. The Bertz CT molecular complexity index is 1190. The Morgan fingerprint density at radius 1 is 1.22 bits per heavy atom. The molecule has 0 radical (unpaired) electrons. The number of quaternary nitrogens is 1. The third-order valence-corrected chi connectivity index (χ3v) is 8.99. The van der Waals surface area contributed by atoms with Crippen LogP contribution >= 0.6 is 0 Å². The third kappa shape index (κ3) is 4.75. The molecule has 2 aromatic rings. The molecule has 5 rings (SSSR count). The maximum absolute atomic E-state index is 13.7. The molecular weight excluding hydrogens is 486 g/mol. The fourth-order valence-electron chi connectivity index (χ4n) is 5.58. The molecule has 2 heterocycles. The van der Waals surface area contributed by atoms with Crippen molar-refractivity contribution in [3.05, 3.63) is 45.9 Å². The van der Waals surface area contributed by atoms with Crippen molar-refractivity contribution in [2.75, 3.05) is 36.6 Å². The molecule has 1 atom stereocenters. The quantitative estimate of drug-likeness (QED) is 0.504. The van der Waals surface area contributed by atoms with Gasteiger partial charge in [0, 0.05) is 26.5 Å². The lowest BCUT2D eigenvalue weighted by Gasteiger charge is -2.35. The number of rotatable bonds is 8. The predicted molar refractivity (Wildman–Crippen MR) is 133 cm³/mol. The first-order chi connectivity index (χ1) is 17.4. The van der Waals surface area contributed by atoms with E-state index in [1.54, 1.807) is 18.0 Å². The number of methoxy groups -OCH3 is 1. The highest BCUT2D eigenvalue weighted by Gasteiger charge is 2.40. The molecule has 1 saturated heterocycles. The Hall–Kier alpha value is -2.51. The number of urea groups is 1. The average molecular weight is 520 g/mol. The van der Waals surface area contributed by atoms with Crippen LogP contribution in [0.15, 0.2) is 18.5 Å². The Morgan fingerprint density at radius 2 is 1.89 bits per heavy atom. The van der Waals surface area contributed by atoms with Gasteiger partial charge in [-0.05, 0) is 73.6 Å². The van der Waals surface area contributed by atoms with Crippen molar-refractivity contribution >= 4 is 27.6 Å². The van der Waals surface area contributed by atoms with Gasteiger partial charge in [-0.2, -0.15) is 18.0 Å². The first kappa shape index (κ1) is 25.2. The SMILES string of the molecule is COCCn1cc(N(C2CCOCC2)S(=O)(=O)[NH+]([O-])C(=O)Nc2c3c(cc4c2CCC4)CCC3)cn1. The minimum atomic E-state index is -4.67. The van der Waals surface area contributed by atoms with Crippen LogP contribution in [0.25, 0.3) is 0 Å². The number of fused-ring (bicyclic) bond motifs is 2. The van der Waals surface area contributed by atoms with E-state index in [9.17, 15) is 18.4 Å². The molecule has 0 saturated carbocycles. The molecule has 1 fully saturated rings. The molecule has 3 aliphatic rings. The monoisotopic (exact) mass is 519 g/mol. The van der Waals surface area contributed by atoms with Crippen LogP contribution in [-0.4, -0.2) is 57.2 Å². The summed E-state index contributed by atoms with van der Waals surface area (Å²) in [6.07, 6.45) is 9.26. The first-order valence-electron chi connectivity index (χ1n) is 12.6. The van der Waals surface area contributed by atoms with E-state index in [1.807, 2.05) is 0 Å². The molecule has 196 valence electrons. The van der Waals surface area contributed by atoms with E-state index in [4.69, 9.17) is 9.47 Å². The number of nitrogens with zero attached hydrogens (tertiary/aromatic N) is 3. The Morgan fingerprint density at radius 3 is 2.53 bits per heavy atom. The summed E-state index contributed by atoms with van der Waals surface area (Å²) in [7, 11) is -3.10. The van der Waals surface area contributed by atoms with Gasteiger partial charge in [-0.3, -0.25) is 10.00 Å². The number of aromatic nitrogens is 2. The summed E-state index contributed by atoms with van der Waals surface area (Å²) in [6.45, 7) is 1.57. The van der Waals surface area contributed by atoms with Crippen LogP contribution in [0.3, 0.4) is 0 Å². The first-order valence-corrected chi connectivity index (χ1v) is 14.0. The zero-order valence-corrected chi connectivity index (χ0v) is 21.3. The Labute approximate surface area is 211 Å². The van der Waals surface area contributed by atoms with E-state index < -0.39 is 26.8 Å². The van der Waals surface area contributed by atoms with Gasteiger partial charge in [-0.1, -0.05) is 6.07 Å². The van der Waals surface area contributed by atoms with Crippen LogP contribution in [0.5, 0.6) is 0 Å². The second kappa shape index (κ2) is 10.5. The summed E-state index contributed by atoms with van der Waals surface area (Å²) >= 11 is 0. The average Bonchev–Trinajstić information content (AvgIpc) is 3.64. The van der Waals surface area contributed by atoms with Gasteiger partial charge in [0.15, 0.2) is 0 Å². The number of nitrogens with one attached hydrogen (secondary N) is 2. The summed E-state index contributed by atoms with van der Waals surface area (Å²) in [6, 6.07) is 0.589. The van der Waals surface area contributed by atoms with Crippen LogP contribution in [0.4, 0.5) is 16.2 Å². The van der Waals surface area contributed by atoms with E-state index in [-0.39, 0.29) is 5.69 Å². The maximum Gasteiger partial charge on any atom is 0.436 e. The van der Waals surface area contributed by atoms with Gasteiger partial charge in [-0.25, -0.2) is 9.10 Å². The van der Waals surface area contributed by atoms with E-state index >= 15 is 0 Å². The van der Waals surface area contributed by atoms with Gasteiger partial charge in [-0.15, -0.1) is 0 Å². The lowest BCUT2D eigenvalue weighted by molar-refractivity contribution is -0.604. The van der Waals surface area contributed by atoms with Crippen molar-refractivity contribution in [3.8, 4) is 0 Å². The van der Waals surface area contributed by atoms with Crippen LogP contribution in [0, 0.1) is 5.21 Å². The molecule has 11 nitrogen and oxygen atoms in total. The van der Waals surface area contributed by atoms with Gasteiger partial charge in [0.2, 0.25) is 0 Å². The Balaban J connectivity index is 1.43. The number of hydrogen-bond acceptors (Lipinski definition) is 7. The molecule has 2 aliphatic carbocycles. The second-order valence-electron chi connectivity index (χ2n) is 9.57. The van der Waals surface area contributed by atoms with Crippen molar-refractivity contribution in [3.63, 3.8) is 0 Å². The lowest BCUT2D eigenvalue weighted by atomic mass is 9.99. The maximum atomic E-state index is 13.7. The predicted octanol–water partition coefficient (Wildman–Crippen LogP) is 1.35. The summed E-state index contributed by atoms with van der Waals surface area (Å²) in [5, 5.41) is 20.2. The molecule has 0 spiro atoms. The number of aryl methyl sites for hydroxylation is 2. The van der Waals surface area contributed by atoms with Crippen molar-refractivity contribution in [2.24, 2.45) is 0 Å². The highest BCUT2D eigenvalue weighted by atomic mass is 32.2. The van der Waals surface area contributed by atoms with E-state index in [0.717, 1.165) is 54.0 Å². The van der Waals surface area contributed by atoms with Gasteiger partial charge in [0.05, 0.1) is 36.8 Å². The number of anilines is 2. The molecular formula is C24H33N5O6S. The van der Waals surface area contributed by atoms with Crippen LogP contribution in [-0.2, 0) is 51.9 Å². The molecule has 2 N–H and O–H groups in total. The van der Waals surface area contributed by atoms with Gasteiger partial charge in [0.25, 0.3) is 0 Å². The summed E-state index contributed by atoms with van der Waals surface area (Å²) in [4.78, 5) is 13.2. The number of ether oxygens (including phenoxy) is 2. The fraction of sp³-hybridized carbons (Fsp3) is 0.583. The second-order valence-corrected chi connectivity index (χ2v) is 11.3. The van der Waals surface area contributed by atoms with E-state index in [1.165, 1.54) is 17.3 Å². The molecule has 12 heteroatoms. The van der Waals surface area contributed by atoms with E-state index in [2.05, 4.69) is 16.5 Å². The highest BCUT2D eigenvalue weighted by molar-refractivity contribution is 7.86. The summed E-state index contributed by atoms with van der Waals surface area (Å²) in [5.41, 5.74) is 5.35. The lowest BCUT2D eigenvalue weighted by Crippen LogP contribution is -3.14. The zero-order valence-electron chi connectivity index (χ0n) is 20.5. The van der Waals surface area contributed by atoms with Crippen molar-refractivity contribution in [1.82, 2.24) is 9.78 Å². The number of amides is 2. The molecule has 1 aromatic carbocycles. The molecule has 1 aliphatic heterocycles. The number of hydrogen-bond donors (Lipinski definition) is 2. The smallest absolute Gasteiger partial charge is 0.436 e. The molecule has 2 amide bonds. The van der Waals surface area contributed by atoms with Gasteiger partial charge < -0.3 is 14.7 Å². The highest BCUT2D eigenvalue weighted by Crippen LogP contribution is 2.38. The fourth-order valence-corrected chi connectivity index (χ4v) is 7.02. The standard InChI is InChI=1S/C24H33N5O6S/c1-34-13-10-27-16-20(15-25-27)28(19-8-11-35-12-9-19)36(32,33)29(31)24(30)26-23-21-6-2-4-17(21)14-18-5-3-7-22(18)23/h14-16,19,29H,2-13H2,1H3,(H,26,30). The van der Waals surface area contributed by atoms with Gasteiger partial charge in [0.1, 0.15) is 0 Å². The van der Waals surface area contributed by atoms with Gasteiger partial charge >= 0.3 is 16.2 Å². The summed E-state index contributed by atoms with van der Waals surface area (Å²) < 4.78 is 39.0. The zero-order chi connectivity index (χ0) is 25.3. The largest absolute Gasteiger partial charge is 0.608 e. The minimum absolute atomic E-state index is 0.251. The normalized spacial score (nSPS) is 18.6. The molecule has 0 bridgehead atoms. The number of benzene rings is 1. The summed E-state index contributed by atoms with van der Waals surface area (Å²) in [5.74, 6) is 0. The topological polar surface area (TPSA) is 130 Å². The van der Waals surface area contributed by atoms with E-state index in [0.29, 0.717) is 44.9 Å². The van der Waals surface area contributed by atoms with Crippen molar-refractivity contribution in [1.29, 1.82) is 0 Å².